The number of aromatic nitrogens is 3. The molecule has 302 valence electrons. The summed E-state index contributed by atoms with van der Waals surface area (Å²) in [4.78, 5) is 14.9. The molecule has 5 heteroatoms. The highest BCUT2D eigenvalue weighted by Gasteiger charge is 2.20. The van der Waals surface area contributed by atoms with Crippen molar-refractivity contribution in [3.05, 3.63) is 231 Å². The van der Waals surface area contributed by atoms with Crippen LogP contribution in [0, 0.1) is 0 Å². The molecule has 0 saturated carbocycles. The number of nitrogens with one attached hydrogen (secondary N) is 1. The molecule has 0 aliphatic heterocycles. The van der Waals surface area contributed by atoms with E-state index in [0.29, 0.717) is 23.2 Å². The third-order valence-corrected chi connectivity index (χ3v) is 11.9. The first-order chi connectivity index (χ1) is 31.6. The second-order valence-electron chi connectivity index (χ2n) is 15.9. The van der Waals surface area contributed by atoms with Crippen molar-refractivity contribution in [2.24, 2.45) is 0 Å². The van der Waals surface area contributed by atoms with E-state index in [2.05, 4.69) is 139 Å². The smallest absolute Gasteiger partial charge is 0.164 e. The number of para-hydroxylation sites is 1. The van der Waals surface area contributed by atoms with Crippen LogP contribution in [0.4, 0.5) is 17.1 Å². The fourth-order valence-electron chi connectivity index (χ4n) is 8.67. The van der Waals surface area contributed by atoms with Gasteiger partial charge in [-0.1, -0.05) is 206 Å². The van der Waals surface area contributed by atoms with E-state index in [1.54, 1.807) is 0 Å². The first kappa shape index (κ1) is 38.3. The molecule has 0 aliphatic carbocycles. The molecule has 0 unspecified atom stereocenters. The molecule has 0 atom stereocenters. The molecule has 0 bridgehead atoms. The van der Waals surface area contributed by atoms with Gasteiger partial charge in [0.05, 0.1) is 11.4 Å². The lowest BCUT2D eigenvalue weighted by molar-refractivity contribution is 1.07. The van der Waals surface area contributed by atoms with Crippen LogP contribution in [0.25, 0.3) is 100 Å². The fourth-order valence-corrected chi connectivity index (χ4v) is 8.67. The van der Waals surface area contributed by atoms with Crippen LogP contribution in [0.3, 0.4) is 0 Å². The van der Waals surface area contributed by atoms with Crippen molar-refractivity contribution in [3.63, 3.8) is 0 Å². The Morgan fingerprint density at radius 3 is 1.19 bits per heavy atom. The average Bonchev–Trinajstić information content (AvgIpc) is 3.37. The highest BCUT2D eigenvalue weighted by molar-refractivity contribution is 6.15. The lowest BCUT2D eigenvalue weighted by Crippen LogP contribution is -2.00. The topological polar surface area (TPSA) is 76.7 Å². The van der Waals surface area contributed by atoms with E-state index in [4.69, 9.17) is 20.7 Å². The van der Waals surface area contributed by atoms with Crippen molar-refractivity contribution in [2.45, 2.75) is 0 Å². The van der Waals surface area contributed by atoms with Gasteiger partial charge in [-0.05, 0) is 90.3 Å². The predicted octanol–water partition coefficient (Wildman–Crippen LogP) is 15.2. The van der Waals surface area contributed by atoms with Crippen LogP contribution in [0.15, 0.2) is 231 Å². The van der Waals surface area contributed by atoms with Gasteiger partial charge in [-0.2, -0.15) is 0 Å². The summed E-state index contributed by atoms with van der Waals surface area (Å²) < 4.78 is 0. The Morgan fingerprint density at radius 2 is 0.703 bits per heavy atom. The molecule has 11 aromatic rings. The Kier molecular flexibility index (Phi) is 9.96. The van der Waals surface area contributed by atoms with Crippen molar-refractivity contribution in [3.8, 4) is 78.7 Å². The van der Waals surface area contributed by atoms with Crippen molar-refractivity contribution in [2.75, 3.05) is 11.1 Å². The number of benzene rings is 10. The number of nitrogens with two attached hydrogens (primary N) is 1. The van der Waals surface area contributed by atoms with Gasteiger partial charge in [0.1, 0.15) is 0 Å². The van der Waals surface area contributed by atoms with E-state index in [1.807, 2.05) is 97.1 Å². The van der Waals surface area contributed by atoms with Gasteiger partial charge < -0.3 is 11.1 Å². The zero-order valence-corrected chi connectivity index (χ0v) is 34.9. The van der Waals surface area contributed by atoms with E-state index in [1.165, 1.54) is 32.7 Å². The van der Waals surface area contributed by atoms with Crippen LogP contribution in [0.5, 0.6) is 0 Å². The van der Waals surface area contributed by atoms with Crippen LogP contribution < -0.4 is 11.1 Å². The van der Waals surface area contributed by atoms with E-state index in [9.17, 15) is 0 Å². The quantitative estimate of drug-likeness (QED) is 0.142. The Bertz CT molecular complexity index is 3380. The molecular formula is C59H41N5. The van der Waals surface area contributed by atoms with Crippen LogP contribution >= 0.6 is 0 Å². The van der Waals surface area contributed by atoms with Crippen molar-refractivity contribution < 1.29 is 0 Å². The standard InChI is InChI=1S/C59H41N5/c60-53-38-47(34-37-54(53)61-48-20-8-3-9-21-48)39-24-26-42(27-25-39)51-35-32-40-14-10-12-22-49(40)55(51)56-50-23-13-11-15-41(50)33-36-52(56)43-28-30-46(31-29-43)59-63-57(44-16-4-1-5-17-44)62-58(64-59)45-18-6-2-7-19-45/h1-38,61H,60H2. The molecule has 0 amide bonds. The minimum Gasteiger partial charge on any atom is -0.397 e. The van der Waals surface area contributed by atoms with Gasteiger partial charge in [0.15, 0.2) is 17.5 Å². The van der Waals surface area contributed by atoms with Gasteiger partial charge in [0, 0.05) is 22.4 Å². The Morgan fingerprint density at radius 1 is 0.312 bits per heavy atom. The Balaban J connectivity index is 1.01. The molecule has 11 rings (SSSR count). The van der Waals surface area contributed by atoms with Crippen molar-refractivity contribution in [1.82, 2.24) is 15.0 Å². The van der Waals surface area contributed by atoms with Crippen molar-refractivity contribution in [1.29, 1.82) is 0 Å². The summed E-state index contributed by atoms with van der Waals surface area (Å²) in [7, 11) is 0. The molecule has 0 saturated heterocycles. The monoisotopic (exact) mass is 819 g/mol. The molecule has 64 heavy (non-hydrogen) atoms. The first-order valence-electron chi connectivity index (χ1n) is 21.5. The van der Waals surface area contributed by atoms with Gasteiger partial charge in [-0.3, -0.25) is 0 Å². The van der Waals surface area contributed by atoms with Gasteiger partial charge in [-0.15, -0.1) is 0 Å². The number of rotatable bonds is 9. The second kappa shape index (κ2) is 16.7. The Hall–Kier alpha value is -8.67. The lowest BCUT2D eigenvalue weighted by Gasteiger charge is -2.20. The third-order valence-electron chi connectivity index (χ3n) is 11.9. The maximum absolute atomic E-state index is 6.59. The maximum Gasteiger partial charge on any atom is 0.164 e. The number of anilines is 3. The SMILES string of the molecule is Nc1cc(-c2ccc(-c3ccc4ccccc4c3-c3c(-c4ccc(-c5nc(-c6ccccc6)nc(-c6ccccc6)n5)cc4)ccc4ccccc34)cc2)ccc1Nc1ccccc1. The summed E-state index contributed by atoms with van der Waals surface area (Å²) in [5.74, 6) is 1.90. The predicted molar refractivity (Wildman–Crippen MR) is 267 cm³/mol. The first-order valence-corrected chi connectivity index (χ1v) is 21.5. The van der Waals surface area contributed by atoms with Crippen LogP contribution in [0.2, 0.25) is 0 Å². The normalized spacial score (nSPS) is 11.2. The van der Waals surface area contributed by atoms with Crippen molar-refractivity contribution >= 4 is 38.6 Å². The largest absolute Gasteiger partial charge is 0.397 e. The fraction of sp³-hybridized carbons (Fsp3) is 0. The number of fused-ring (bicyclic) bond motifs is 2. The van der Waals surface area contributed by atoms with E-state index in [0.717, 1.165) is 61.4 Å². The molecular weight excluding hydrogens is 779 g/mol. The molecule has 10 aromatic carbocycles. The van der Waals surface area contributed by atoms with E-state index < -0.39 is 0 Å². The molecule has 3 N–H and O–H groups in total. The summed E-state index contributed by atoms with van der Waals surface area (Å²) in [6.45, 7) is 0. The summed E-state index contributed by atoms with van der Waals surface area (Å²) in [5.41, 5.74) is 21.0. The van der Waals surface area contributed by atoms with E-state index >= 15 is 0 Å². The molecule has 5 nitrogen and oxygen atoms in total. The summed E-state index contributed by atoms with van der Waals surface area (Å²) in [6.07, 6.45) is 0. The van der Waals surface area contributed by atoms with Gasteiger partial charge in [0.25, 0.3) is 0 Å². The van der Waals surface area contributed by atoms with Crippen LogP contribution in [-0.2, 0) is 0 Å². The zero-order valence-electron chi connectivity index (χ0n) is 34.9. The number of nitrogens with zero attached hydrogens (tertiary/aromatic N) is 3. The summed E-state index contributed by atoms with van der Waals surface area (Å²) >= 11 is 0. The molecule has 1 heterocycles. The highest BCUT2D eigenvalue weighted by atomic mass is 15.0. The molecule has 0 aliphatic rings. The minimum absolute atomic E-state index is 0.625. The number of nitrogen functional groups attached to an aromatic ring is 1. The lowest BCUT2D eigenvalue weighted by atomic mass is 9.83. The average molecular weight is 820 g/mol. The molecule has 0 spiro atoms. The van der Waals surface area contributed by atoms with Gasteiger partial charge in [-0.25, -0.2) is 15.0 Å². The Labute approximate surface area is 372 Å². The van der Waals surface area contributed by atoms with Gasteiger partial charge >= 0.3 is 0 Å². The minimum atomic E-state index is 0.625. The summed E-state index contributed by atoms with van der Waals surface area (Å²) in [5, 5.41) is 8.19. The maximum atomic E-state index is 6.59. The van der Waals surface area contributed by atoms with Crippen LogP contribution in [-0.4, -0.2) is 15.0 Å². The molecule has 0 fully saturated rings. The summed E-state index contributed by atoms with van der Waals surface area (Å²) in [6, 6.07) is 80.4. The zero-order chi connectivity index (χ0) is 42.8. The van der Waals surface area contributed by atoms with E-state index in [-0.39, 0.29) is 0 Å². The van der Waals surface area contributed by atoms with Gasteiger partial charge in [0.2, 0.25) is 0 Å². The number of hydrogen-bond donors (Lipinski definition) is 2. The second-order valence-corrected chi connectivity index (χ2v) is 15.9. The highest BCUT2D eigenvalue weighted by Crippen LogP contribution is 2.46. The van der Waals surface area contributed by atoms with Crippen LogP contribution in [0.1, 0.15) is 0 Å². The number of hydrogen-bond acceptors (Lipinski definition) is 5. The third kappa shape index (κ3) is 7.42. The molecule has 1 aromatic heterocycles. The molecule has 0 radical (unpaired) electrons.